The molecule has 0 saturated carbocycles. The minimum Gasteiger partial charge on any atom is -0.457 e. The summed E-state index contributed by atoms with van der Waals surface area (Å²) in [5.41, 5.74) is 3.11. The Morgan fingerprint density at radius 2 is 1.79 bits per heavy atom. The number of hydrazone groups is 1. The van der Waals surface area contributed by atoms with Gasteiger partial charge in [0.05, 0.1) is 17.4 Å². The van der Waals surface area contributed by atoms with Crippen LogP contribution in [0.2, 0.25) is 0 Å². The van der Waals surface area contributed by atoms with Crippen LogP contribution < -0.4 is 10.2 Å². The van der Waals surface area contributed by atoms with Gasteiger partial charge in [0.1, 0.15) is 5.75 Å². The van der Waals surface area contributed by atoms with Crippen LogP contribution in [-0.2, 0) is 0 Å². The van der Waals surface area contributed by atoms with Crippen molar-refractivity contribution in [3.63, 3.8) is 0 Å². The van der Waals surface area contributed by atoms with E-state index in [1.165, 1.54) is 42.8 Å². The van der Waals surface area contributed by atoms with Crippen molar-refractivity contribution in [3.05, 3.63) is 93.9 Å². The number of rotatable bonds is 6. The predicted octanol–water partition coefficient (Wildman–Crippen LogP) is 3.17. The molecule has 0 unspecified atom stereocenters. The Bertz CT molecular complexity index is 1010. The van der Waals surface area contributed by atoms with Gasteiger partial charge in [0, 0.05) is 17.7 Å². The normalized spacial score (nSPS) is 10.6. The summed E-state index contributed by atoms with van der Waals surface area (Å²) in [6.07, 6.45) is 2.78. The van der Waals surface area contributed by atoms with Crippen LogP contribution in [0.5, 0.6) is 5.75 Å². The number of carbonyl (C=O) groups excluding carboxylic acids is 2. The molecule has 1 heterocycles. The van der Waals surface area contributed by atoms with Gasteiger partial charge in [0.2, 0.25) is 5.76 Å². The fourth-order valence-electron chi connectivity index (χ4n) is 2.14. The SMILES string of the molecule is O=C(NN=Cc1ccc(OC(=O)c2ccco2)cc1)c1ccc([N+](=O)[O-])cc1. The van der Waals surface area contributed by atoms with E-state index in [1.807, 2.05) is 0 Å². The Kier molecular flexibility index (Phi) is 5.56. The van der Waals surface area contributed by atoms with Gasteiger partial charge in [0.25, 0.3) is 11.6 Å². The quantitative estimate of drug-likeness (QED) is 0.231. The van der Waals surface area contributed by atoms with Gasteiger partial charge in [-0.15, -0.1) is 0 Å². The third-order valence-electron chi connectivity index (χ3n) is 3.53. The molecule has 9 heteroatoms. The van der Waals surface area contributed by atoms with Crippen molar-refractivity contribution in [2.24, 2.45) is 5.10 Å². The lowest BCUT2D eigenvalue weighted by atomic mass is 10.2. The highest BCUT2D eigenvalue weighted by atomic mass is 16.6. The Morgan fingerprint density at radius 3 is 2.39 bits per heavy atom. The molecule has 2 aromatic carbocycles. The molecule has 0 bridgehead atoms. The number of furan rings is 1. The lowest BCUT2D eigenvalue weighted by Gasteiger charge is -2.02. The van der Waals surface area contributed by atoms with Crippen molar-refractivity contribution in [1.29, 1.82) is 0 Å². The summed E-state index contributed by atoms with van der Waals surface area (Å²) >= 11 is 0. The molecule has 3 aromatic rings. The van der Waals surface area contributed by atoms with Crippen molar-refractivity contribution < 1.29 is 23.7 Å². The van der Waals surface area contributed by atoms with Crippen LogP contribution in [0.4, 0.5) is 5.69 Å². The van der Waals surface area contributed by atoms with E-state index in [1.54, 1.807) is 30.3 Å². The first kappa shape index (κ1) is 18.5. The second-order valence-corrected chi connectivity index (χ2v) is 5.44. The third kappa shape index (κ3) is 4.67. The largest absolute Gasteiger partial charge is 0.457 e. The maximum atomic E-state index is 11.9. The van der Waals surface area contributed by atoms with Crippen LogP contribution >= 0.6 is 0 Å². The summed E-state index contributed by atoms with van der Waals surface area (Å²) in [7, 11) is 0. The van der Waals surface area contributed by atoms with E-state index in [4.69, 9.17) is 9.15 Å². The topological polar surface area (TPSA) is 124 Å². The average Bonchev–Trinajstić information content (AvgIpc) is 3.24. The fraction of sp³-hybridized carbons (Fsp3) is 0. The molecule has 0 saturated heterocycles. The molecule has 3 rings (SSSR count). The number of benzene rings is 2. The fourth-order valence-corrected chi connectivity index (χ4v) is 2.14. The standard InChI is InChI=1S/C19H13N3O6/c23-18(14-5-7-15(8-6-14)22(25)26)21-20-12-13-3-9-16(10-4-13)28-19(24)17-2-1-11-27-17/h1-12H,(H,21,23). The summed E-state index contributed by atoms with van der Waals surface area (Å²) in [6, 6.07) is 14.7. The molecular weight excluding hydrogens is 366 g/mol. The number of esters is 1. The molecule has 0 radical (unpaired) electrons. The molecule has 1 amide bonds. The number of non-ortho nitro benzene ring substituents is 1. The minimum absolute atomic E-state index is 0.0968. The summed E-state index contributed by atoms with van der Waals surface area (Å²) in [5.74, 6) is -0.690. The first-order chi connectivity index (χ1) is 13.5. The molecule has 140 valence electrons. The van der Waals surface area contributed by atoms with Crippen LogP contribution in [0.1, 0.15) is 26.5 Å². The Balaban J connectivity index is 1.54. The van der Waals surface area contributed by atoms with Crippen molar-refractivity contribution in [3.8, 4) is 5.75 Å². The zero-order chi connectivity index (χ0) is 19.9. The number of hydrogen-bond donors (Lipinski definition) is 1. The van der Waals surface area contributed by atoms with Crippen LogP contribution in [0.3, 0.4) is 0 Å². The number of amides is 1. The lowest BCUT2D eigenvalue weighted by Crippen LogP contribution is -2.17. The van der Waals surface area contributed by atoms with Crippen molar-refractivity contribution >= 4 is 23.8 Å². The van der Waals surface area contributed by atoms with E-state index < -0.39 is 16.8 Å². The Labute approximate surface area is 158 Å². The molecule has 0 aliphatic rings. The maximum absolute atomic E-state index is 11.9. The Morgan fingerprint density at radius 1 is 1.07 bits per heavy atom. The molecule has 0 aliphatic carbocycles. The van der Waals surface area contributed by atoms with Gasteiger partial charge in [-0.05, 0) is 54.1 Å². The Hall–Kier alpha value is -4.27. The van der Waals surface area contributed by atoms with Crippen LogP contribution in [0.25, 0.3) is 0 Å². The van der Waals surface area contributed by atoms with Gasteiger partial charge in [-0.1, -0.05) is 0 Å². The summed E-state index contributed by atoms with van der Waals surface area (Å²) < 4.78 is 10.1. The highest BCUT2D eigenvalue weighted by Gasteiger charge is 2.11. The second kappa shape index (κ2) is 8.41. The molecule has 9 nitrogen and oxygen atoms in total. The molecule has 1 N–H and O–H groups in total. The number of ether oxygens (including phenoxy) is 1. The molecule has 0 spiro atoms. The molecule has 0 atom stereocenters. The highest BCUT2D eigenvalue weighted by Crippen LogP contribution is 2.14. The first-order valence-electron chi connectivity index (χ1n) is 7.96. The minimum atomic E-state index is -0.609. The van der Waals surface area contributed by atoms with Crippen molar-refractivity contribution in [1.82, 2.24) is 5.43 Å². The van der Waals surface area contributed by atoms with Gasteiger partial charge < -0.3 is 9.15 Å². The molecule has 1 aromatic heterocycles. The summed E-state index contributed by atoms with van der Waals surface area (Å²) in [4.78, 5) is 33.8. The zero-order valence-electron chi connectivity index (χ0n) is 14.3. The number of hydrogen-bond acceptors (Lipinski definition) is 7. The lowest BCUT2D eigenvalue weighted by molar-refractivity contribution is -0.384. The van der Waals surface area contributed by atoms with Crippen molar-refractivity contribution in [2.75, 3.05) is 0 Å². The van der Waals surface area contributed by atoms with Crippen LogP contribution in [-0.4, -0.2) is 23.0 Å². The van der Waals surface area contributed by atoms with E-state index >= 15 is 0 Å². The van der Waals surface area contributed by atoms with E-state index in [9.17, 15) is 19.7 Å². The monoisotopic (exact) mass is 379 g/mol. The van der Waals surface area contributed by atoms with E-state index in [-0.39, 0.29) is 17.0 Å². The smallest absolute Gasteiger partial charge is 0.379 e. The summed E-state index contributed by atoms with van der Waals surface area (Å²) in [6.45, 7) is 0. The molecule has 0 aliphatic heterocycles. The average molecular weight is 379 g/mol. The zero-order valence-corrected chi connectivity index (χ0v) is 14.3. The number of nitrogens with zero attached hydrogens (tertiary/aromatic N) is 2. The first-order valence-corrected chi connectivity index (χ1v) is 7.96. The highest BCUT2D eigenvalue weighted by molar-refractivity contribution is 5.95. The van der Waals surface area contributed by atoms with Crippen LogP contribution in [0, 0.1) is 10.1 Å². The number of nitrogens with one attached hydrogen (secondary N) is 1. The van der Waals surface area contributed by atoms with Gasteiger partial charge in [-0.2, -0.15) is 5.10 Å². The maximum Gasteiger partial charge on any atom is 0.379 e. The van der Waals surface area contributed by atoms with Gasteiger partial charge in [0.15, 0.2) is 0 Å². The summed E-state index contributed by atoms with van der Waals surface area (Å²) in [5, 5.41) is 14.4. The second-order valence-electron chi connectivity index (χ2n) is 5.44. The molecule has 0 fully saturated rings. The number of nitro groups is 1. The van der Waals surface area contributed by atoms with Gasteiger partial charge in [-0.25, -0.2) is 10.2 Å². The van der Waals surface area contributed by atoms with E-state index in [2.05, 4.69) is 10.5 Å². The number of nitro benzene ring substituents is 1. The third-order valence-corrected chi connectivity index (χ3v) is 3.53. The number of carbonyl (C=O) groups is 2. The molecule has 28 heavy (non-hydrogen) atoms. The van der Waals surface area contributed by atoms with E-state index in [0.29, 0.717) is 11.3 Å². The van der Waals surface area contributed by atoms with E-state index in [0.717, 1.165) is 0 Å². The van der Waals surface area contributed by atoms with Gasteiger partial charge >= 0.3 is 5.97 Å². The van der Waals surface area contributed by atoms with Crippen molar-refractivity contribution in [2.45, 2.75) is 0 Å². The van der Waals surface area contributed by atoms with Crippen LogP contribution in [0.15, 0.2) is 76.4 Å². The predicted molar refractivity (Wildman–Crippen MR) is 98.3 cm³/mol. The van der Waals surface area contributed by atoms with Gasteiger partial charge in [-0.3, -0.25) is 14.9 Å². The molecular formula is C19H13N3O6.